The quantitative estimate of drug-likeness (QED) is 0.656. The lowest BCUT2D eigenvalue weighted by Gasteiger charge is -2.06. The summed E-state index contributed by atoms with van der Waals surface area (Å²) in [4.78, 5) is 10.3. The van der Waals surface area contributed by atoms with Crippen LogP contribution in [0.5, 0.6) is 5.75 Å². The monoisotopic (exact) mass is 221 g/mol. The third-order valence-electron chi connectivity index (χ3n) is 2.31. The maximum absolute atomic E-state index is 10.3. The average Bonchev–Trinajstić information content (AvgIpc) is 2.28. The minimum atomic E-state index is -1.01. The molecule has 0 saturated heterocycles. The van der Waals surface area contributed by atoms with Crippen LogP contribution in [0.3, 0.4) is 0 Å². The number of hydrogen-bond donors (Lipinski definition) is 0. The smallest absolute Gasteiger partial charge is 0.119 e. The number of carbonyl (C=O) groups is 1. The van der Waals surface area contributed by atoms with Gasteiger partial charge in [0, 0.05) is 5.97 Å². The second-order valence-electron chi connectivity index (χ2n) is 3.72. The molecule has 3 heteroatoms. The third kappa shape index (κ3) is 4.82. The maximum atomic E-state index is 10.3. The molecule has 0 heterocycles. The van der Waals surface area contributed by atoms with E-state index in [0.717, 1.165) is 30.8 Å². The molecule has 16 heavy (non-hydrogen) atoms. The molecule has 0 unspecified atom stereocenters. The zero-order valence-corrected chi connectivity index (χ0v) is 9.57. The molecule has 1 aromatic rings. The van der Waals surface area contributed by atoms with Crippen LogP contribution in [0.1, 0.15) is 31.7 Å². The van der Waals surface area contributed by atoms with Gasteiger partial charge in [-0.25, -0.2) is 0 Å². The summed E-state index contributed by atoms with van der Waals surface area (Å²) in [6, 6.07) is 7.54. The third-order valence-corrected chi connectivity index (χ3v) is 2.31. The molecule has 0 spiro atoms. The highest BCUT2D eigenvalue weighted by Crippen LogP contribution is 2.13. The van der Waals surface area contributed by atoms with Crippen molar-refractivity contribution in [1.29, 1.82) is 0 Å². The topological polar surface area (TPSA) is 49.4 Å². The molecule has 1 aromatic carbocycles. The molecule has 0 amide bonds. The number of aliphatic carboxylic acids is 1. The van der Waals surface area contributed by atoms with Crippen molar-refractivity contribution in [2.45, 2.75) is 32.6 Å². The van der Waals surface area contributed by atoms with E-state index < -0.39 is 5.97 Å². The molecular formula is C13H17O3-. The van der Waals surface area contributed by atoms with E-state index in [1.807, 2.05) is 24.3 Å². The summed E-state index contributed by atoms with van der Waals surface area (Å²) in [5.74, 6) is -0.172. The van der Waals surface area contributed by atoms with Gasteiger partial charge >= 0.3 is 0 Å². The van der Waals surface area contributed by atoms with E-state index in [4.69, 9.17) is 4.74 Å². The van der Waals surface area contributed by atoms with Crippen molar-refractivity contribution >= 4 is 5.97 Å². The van der Waals surface area contributed by atoms with E-state index in [1.165, 1.54) is 0 Å². The Morgan fingerprint density at radius 2 is 2.00 bits per heavy atom. The Morgan fingerprint density at radius 1 is 1.31 bits per heavy atom. The largest absolute Gasteiger partial charge is 0.550 e. The highest BCUT2D eigenvalue weighted by molar-refractivity contribution is 5.64. The molecule has 0 aromatic heterocycles. The Balaban J connectivity index is 2.38. The van der Waals surface area contributed by atoms with E-state index in [0.29, 0.717) is 6.42 Å². The van der Waals surface area contributed by atoms with Gasteiger partial charge in [0.2, 0.25) is 0 Å². The number of benzene rings is 1. The molecule has 0 aliphatic heterocycles. The fourth-order valence-electron chi connectivity index (χ4n) is 1.33. The van der Waals surface area contributed by atoms with Crippen LogP contribution in [0.4, 0.5) is 0 Å². The summed E-state index contributed by atoms with van der Waals surface area (Å²) < 4.78 is 5.50. The van der Waals surface area contributed by atoms with Gasteiger partial charge in [-0.3, -0.25) is 0 Å². The van der Waals surface area contributed by atoms with Crippen molar-refractivity contribution in [2.24, 2.45) is 0 Å². The molecule has 0 saturated carbocycles. The van der Waals surface area contributed by atoms with Gasteiger partial charge in [0.25, 0.3) is 0 Å². The SMILES string of the molecule is CCCCOc1ccc(CCC(=O)[O-])cc1. The molecule has 3 nitrogen and oxygen atoms in total. The van der Waals surface area contributed by atoms with E-state index in [9.17, 15) is 9.90 Å². The maximum Gasteiger partial charge on any atom is 0.119 e. The first-order chi connectivity index (χ1) is 7.72. The summed E-state index contributed by atoms with van der Waals surface area (Å²) in [5, 5.41) is 10.3. The van der Waals surface area contributed by atoms with Gasteiger partial charge in [-0.15, -0.1) is 0 Å². The zero-order valence-electron chi connectivity index (χ0n) is 9.57. The average molecular weight is 221 g/mol. The Kier molecular flexibility index (Phi) is 5.40. The Hall–Kier alpha value is -1.51. The molecule has 0 N–H and O–H groups in total. The minimum absolute atomic E-state index is 0.0655. The molecule has 1 rings (SSSR count). The number of aryl methyl sites for hydroxylation is 1. The predicted octanol–water partition coefficient (Wildman–Crippen LogP) is 1.55. The fraction of sp³-hybridized carbons (Fsp3) is 0.462. The van der Waals surface area contributed by atoms with Crippen molar-refractivity contribution in [1.82, 2.24) is 0 Å². The van der Waals surface area contributed by atoms with Crippen molar-refractivity contribution in [3.63, 3.8) is 0 Å². The van der Waals surface area contributed by atoms with Crippen molar-refractivity contribution < 1.29 is 14.6 Å². The first-order valence-corrected chi connectivity index (χ1v) is 5.64. The second-order valence-corrected chi connectivity index (χ2v) is 3.72. The van der Waals surface area contributed by atoms with Gasteiger partial charge in [-0.2, -0.15) is 0 Å². The highest BCUT2D eigenvalue weighted by Gasteiger charge is 1.96. The van der Waals surface area contributed by atoms with Crippen LogP contribution in [-0.4, -0.2) is 12.6 Å². The van der Waals surface area contributed by atoms with E-state index in [2.05, 4.69) is 6.92 Å². The van der Waals surface area contributed by atoms with Crippen LogP contribution < -0.4 is 9.84 Å². The lowest BCUT2D eigenvalue weighted by atomic mass is 10.1. The van der Waals surface area contributed by atoms with Crippen LogP contribution in [0, 0.1) is 0 Å². The number of carbonyl (C=O) groups excluding carboxylic acids is 1. The predicted molar refractivity (Wildman–Crippen MR) is 60.2 cm³/mol. The molecule has 0 fully saturated rings. The highest BCUT2D eigenvalue weighted by atomic mass is 16.5. The van der Waals surface area contributed by atoms with E-state index >= 15 is 0 Å². The van der Waals surface area contributed by atoms with Crippen molar-refractivity contribution in [3.8, 4) is 5.75 Å². The van der Waals surface area contributed by atoms with E-state index in [1.54, 1.807) is 0 Å². The first-order valence-electron chi connectivity index (χ1n) is 5.64. The lowest BCUT2D eigenvalue weighted by molar-refractivity contribution is -0.305. The molecule has 0 bridgehead atoms. The van der Waals surface area contributed by atoms with Crippen LogP contribution in [0.25, 0.3) is 0 Å². The van der Waals surface area contributed by atoms with Crippen LogP contribution in [-0.2, 0) is 11.2 Å². The second kappa shape index (κ2) is 6.88. The number of hydrogen-bond acceptors (Lipinski definition) is 3. The standard InChI is InChI=1S/C13H18O3/c1-2-3-10-16-12-7-4-11(5-8-12)6-9-13(14)15/h4-5,7-8H,2-3,6,9-10H2,1H3,(H,14,15)/p-1. The van der Waals surface area contributed by atoms with E-state index in [-0.39, 0.29) is 6.42 Å². The summed E-state index contributed by atoms with van der Waals surface area (Å²) in [6.07, 6.45) is 2.74. The van der Waals surface area contributed by atoms with Crippen molar-refractivity contribution in [3.05, 3.63) is 29.8 Å². The number of carboxylic acids is 1. The number of ether oxygens (including phenoxy) is 1. The van der Waals surface area contributed by atoms with Gasteiger partial charge in [-0.05, 0) is 37.0 Å². The van der Waals surface area contributed by atoms with Crippen molar-refractivity contribution in [2.75, 3.05) is 6.61 Å². The van der Waals surface area contributed by atoms with Crippen LogP contribution in [0.15, 0.2) is 24.3 Å². The zero-order chi connectivity index (χ0) is 11.8. The molecular weight excluding hydrogens is 204 g/mol. The summed E-state index contributed by atoms with van der Waals surface area (Å²) in [6.45, 7) is 2.85. The Morgan fingerprint density at radius 3 is 2.56 bits per heavy atom. The minimum Gasteiger partial charge on any atom is -0.550 e. The molecule has 0 radical (unpaired) electrons. The number of carboxylic acid groups (broad SMARTS) is 1. The first kappa shape index (κ1) is 12.6. The molecule has 0 atom stereocenters. The van der Waals surface area contributed by atoms with Gasteiger partial charge in [0.05, 0.1) is 6.61 Å². The summed E-state index contributed by atoms with van der Waals surface area (Å²) in [7, 11) is 0. The van der Waals surface area contributed by atoms with Gasteiger partial charge in [0.1, 0.15) is 5.75 Å². The van der Waals surface area contributed by atoms with Crippen LogP contribution >= 0.6 is 0 Å². The Bertz CT molecular complexity index is 316. The lowest BCUT2D eigenvalue weighted by Crippen LogP contribution is -2.22. The Labute approximate surface area is 96.1 Å². The summed E-state index contributed by atoms with van der Waals surface area (Å²) in [5.41, 5.74) is 0.993. The molecule has 0 aliphatic carbocycles. The van der Waals surface area contributed by atoms with Gasteiger partial charge in [-0.1, -0.05) is 25.5 Å². The van der Waals surface area contributed by atoms with Gasteiger partial charge < -0.3 is 14.6 Å². The molecule has 0 aliphatic rings. The van der Waals surface area contributed by atoms with Crippen LogP contribution in [0.2, 0.25) is 0 Å². The van der Waals surface area contributed by atoms with Gasteiger partial charge in [0.15, 0.2) is 0 Å². The number of unbranched alkanes of at least 4 members (excludes halogenated alkanes) is 1. The molecule has 88 valence electrons. The normalized spacial score (nSPS) is 10.1. The summed E-state index contributed by atoms with van der Waals surface area (Å²) >= 11 is 0. The number of rotatable bonds is 7. The fourth-order valence-corrected chi connectivity index (χ4v) is 1.33.